The Morgan fingerprint density at radius 2 is 2.03 bits per heavy atom. The van der Waals surface area contributed by atoms with Gasteiger partial charge in [0, 0.05) is 15.8 Å². The molecule has 4 rings (SSSR count). The molecule has 1 N–H and O–H groups in total. The molecule has 0 aliphatic carbocycles. The van der Waals surface area contributed by atoms with Gasteiger partial charge < -0.3 is 14.6 Å². The average molecular weight is 541 g/mol. The molecule has 0 spiro atoms. The molecular formula is C27H26ClFN4O3S. The van der Waals surface area contributed by atoms with Crippen molar-refractivity contribution in [2.45, 2.75) is 35.9 Å². The van der Waals surface area contributed by atoms with Crippen LogP contribution >= 0.6 is 23.4 Å². The number of rotatable bonds is 9. The van der Waals surface area contributed by atoms with Crippen LogP contribution in [-0.2, 0) is 21.6 Å². The number of nitriles is 1. The number of aliphatic hydroxyl groups is 1. The number of halogens is 2. The number of benzene rings is 2. The standard InChI is InChI=1S/C27H26ClFN4O3S/c1-19(27(34,16-33-18-31-17-32-33)22-8-10-23(28)11-9-22)37-24-14-35-26(36-15-24)5-3-2-4-21-7-6-20(13-30)12-25(21)29/h2-12,17-19,24,26,34H,14-16H2,1H3/t19-,24-,26-,27-/m1/s1. The van der Waals surface area contributed by atoms with Crippen molar-refractivity contribution in [3.8, 4) is 6.07 Å². The van der Waals surface area contributed by atoms with Gasteiger partial charge in [0.2, 0.25) is 0 Å². The predicted molar refractivity (Wildman–Crippen MR) is 141 cm³/mol. The van der Waals surface area contributed by atoms with Gasteiger partial charge in [0.15, 0.2) is 6.29 Å². The molecule has 1 aliphatic heterocycles. The monoisotopic (exact) mass is 540 g/mol. The third-order valence-corrected chi connectivity index (χ3v) is 7.67. The number of hydrogen-bond acceptors (Lipinski definition) is 7. The number of hydrogen-bond donors (Lipinski definition) is 1. The third-order valence-electron chi connectivity index (χ3n) is 5.96. The van der Waals surface area contributed by atoms with Gasteiger partial charge in [0.05, 0.1) is 36.6 Å². The van der Waals surface area contributed by atoms with Gasteiger partial charge in [-0.15, -0.1) is 11.8 Å². The van der Waals surface area contributed by atoms with Crippen LogP contribution in [-0.4, -0.2) is 49.9 Å². The summed E-state index contributed by atoms with van der Waals surface area (Å²) >= 11 is 7.65. The Bertz CT molecular complexity index is 1270. The van der Waals surface area contributed by atoms with E-state index in [1.165, 1.54) is 12.4 Å². The van der Waals surface area contributed by atoms with Crippen molar-refractivity contribution in [1.82, 2.24) is 14.8 Å². The SMILES string of the molecule is C[C@@H](S[C@H]1CO[C@H](C=CC=Cc2ccc(C#N)cc2F)OC1)[C@](O)(Cn1cncn1)c1ccc(Cl)cc1. The first-order chi connectivity index (χ1) is 17.9. The fourth-order valence-corrected chi connectivity index (χ4v) is 5.35. The molecule has 1 fully saturated rings. The Morgan fingerprint density at radius 3 is 2.68 bits per heavy atom. The van der Waals surface area contributed by atoms with Gasteiger partial charge in [0.25, 0.3) is 0 Å². The zero-order valence-corrected chi connectivity index (χ0v) is 21.6. The van der Waals surface area contributed by atoms with E-state index in [0.29, 0.717) is 23.8 Å². The van der Waals surface area contributed by atoms with E-state index in [1.807, 2.05) is 25.1 Å². The van der Waals surface area contributed by atoms with Crippen LogP contribution in [0.5, 0.6) is 0 Å². The molecule has 192 valence electrons. The minimum absolute atomic E-state index is 0.0116. The summed E-state index contributed by atoms with van der Waals surface area (Å²) in [4.78, 5) is 3.99. The van der Waals surface area contributed by atoms with Gasteiger partial charge in [-0.2, -0.15) is 10.4 Å². The average Bonchev–Trinajstić information content (AvgIpc) is 3.41. The van der Waals surface area contributed by atoms with Crippen LogP contribution in [0.25, 0.3) is 6.08 Å². The van der Waals surface area contributed by atoms with E-state index in [4.69, 9.17) is 26.3 Å². The van der Waals surface area contributed by atoms with Gasteiger partial charge in [-0.1, -0.05) is 55.0 Å². The van der Waals surface area contributed by atoms with Crippen LogP contribution in [0.4, 0.5) is 4.39 Å². The molecule has 3 aromatic rings. The fourth-order valence-electron chi connectivity index (χ4n) is 3.89. The summed E-state index contributed by atoms with van der Waals surface area (Å²) in [5.41, 5.74) is 0.168. The van der Waals surface area contributed by atoms with Crippen molar-refractivity contribution in [2.24, 2.45) is 0 Å². The molecule has 2 heterocycles. The Hall–Kier alpha value is -3.00. The van der Waals surface area contributed by atoms with E-state index < -0.39 is 17.7 Å². The van der Waals surface area contributed by atoms with Crippen LogP contribution in [0.15, 0.2) is 73.3 Å². The van der Waals surface area contributed by atoms with E-state index >= 15 is 0 Å². The normalized spacial score (nSPS) is 20.6. The summed E-state index contributed by atoms with van der Waals surface area (Å²) in [6.45, 7) is 3.08. The van der Waals surface area contributed by atoms with Crippen LogP contribution in [0.1, 0.15) is 23.6 Å². The quantitative estimate of drug-likeness (QED) is 0.383. The van der Waals surface area contributed by atoms with Crippen molar-refractivity contribution in [1.29, 1.82) is 5.26 Å². The molecule has 2 atom stereocenters. The highest BCUT2D eigenvalue weighted by Crippen LogP contribution is 2.37. The Morgan fingerprint density at radius 1 is 1.27 bits per heavy atom. The Balaban J connectivity index is 1.33. The number of nitrogens with zero attached hydrogens (tertiary/aromatic N) is 4. The molecule has 0 amide bonds. The molecule has 1 aliphatic rings. The summed E-state index contributed by atoms with van der Waals surface area (Å²) in [6, 6.07) is 13.4. The van der Waals surface area contributed by atoms with Gasteiger partial charge in [-0.05, 0) is 35.9 Å². The van der Waals surface area contributed by atoms with Crippen molar-refractivity contribution >= 4 is 29.4 Å². The van der Waals surface area contributed by atoms with E-state index in [-0.39, 0.29) is 22.6 Å². The summed E-state index contributed by atoms with van der Waals surface area (Å²) in [5.74, 6) is -0.453. The lowest BCUT2D eigenvalue weighted by Gasteiger charge is -2.37. The lowest BCUT2D eigenvalue weighted by molar-refractivity contribution is -0.146. The summed E-state index contributed by atoms with van der Waals surface area (Å²) in [6.07, 6.45) is 9.28. The van der Waals surface area contributed by atoms with Crippen molar-refractivity contribution in [2.75, 3.05) is 13.2 Å². The summed E-state index contributed by atoms with van der Waals surface area (Å²) < 4.78 is 27.3. The van der Waals surface area contributed by atoms with Crippen molar-refractivity contribution in [3.05, 3.63) is 101 Å². The highest BCUT2D eigenvalue weighted by molar-refractivity contribution is 8.00. The first-order valence-electron chi connectivity index (χ1n) is 11.6. The second-order valence-electron chi connectivity index (χ2n) is 8.55. The van der Waals surface area contributed by atoms with E-state index in [1.54, 1.807) is 71.3 Å². The summed E-state index contributed by atoms with van der Waals surface area (Å²) in [5, 5.41) is 25.2. The predicted octanol–water partition coefficient (Wildman–Crippen LogP) is 4.96. The Labute approximate surface area is 224 Å². The molecule has 0 unspecified atom stereocenters. The van der Waals surface area contributed by atoms with E-state index in [0.717, 1.165) is 5.56 Å². The molecule has 7 nitrogen and oxygen atoms in total. The van der Waals surface area contributed by atoms with Crippen LogP contribution < -0.4 is 0 Å². The lowest BCUT2D eigenvalue weighted by Crippen LogP contribution is -2.43. The highest BCUT2D eigenvalue weighted by atomic mass is 35.5. The number of allylic oxidation sites excluding steroid dienone is 2. The minimum atomic E-state index is -1.23. The number of aromatic nitrogens is 3. The second-order valence-corrected chi connectivity index (χ2v) is 10.6. The van der Waals surface area contributed by atoms with Crippen LogP contribution in [0, 0.1) is 17.1 Å². The van der Waals surface area contributed by atoms with Crippen molar-refractivity contribution in [3.63, 3.8) is 0 Å². The second kappa shape index (κ2) is 12.5. The van der Waals surface area contributed by atoms with E-state index in [9.17, 15) is 9.50 Å². The first kappa shape index (κ1) is 27.0. The number of ether oxygens (including phenoxy) is 2. The van der Waals surface area contributed by atoms with Gasteiger partial charge in [-0.3, -0.25) is 0 Å². The Kier molecular flexibility index (Phi) is 9.14. The molecule has 10 heteroatoms. The maximum atomic E-state index is 14.0. The minimum Gasteiger partial charge on any atom is -0.382 e. The third kappa shape index (κ3) is 7.06. The molecule has 1 saturated heterocycles. The summed E-state index contributed by atoms with van der Waals surface area (Å²) in [7, 11) is 0. The first-order valence-corrected chi connectivity index (χ1v) is 12.9. The largest absolute Gasteiger partial charge is 0.382 e. The zero-order chi connectivity index (χ0) is 26.3. The van der Waals surface area contributed by atoms with Crippen molar-refractivity contribution < 1.29 is 19.0 Å². The van der Waals surface area contributed by atoms with Gasteiger partial charge in [0.1, 0.15) is 24.1 Å². The van der Waals surface area contributed by atoms with Gasteiger partial charge in [-0.25, -0.2) is 14.1 Å². The van der Waals surface area contributed by atoms with Crippen LogP contribution in [0.3, 0.4) is 0 Å². The molecule has 37 heavy (non-hydrogen) atoms. The molecule has 1 aromatic heterocycles. The van der Waals surface area contributed by atoms with Crippen LogP contribution in [0.2, 0.25) is 5.02 Å². The zero-order valence-electron chi connectivity index (χ0n) is 20.1. The molecule has 0 radical (unpaired) electrons. The molecular weight excluding hydrogens is 515 g/mol. The number of thioether (sulfide) groups is 1. The maximum absolute atomic E-state index is 14.0. The lowest BCUT2D eigenvalue weighted by atomic mass is 9.90. The van der Waals surface area contributed by atoms with Gasteiger partial charge >= 0.3 is 0 Å². The molecule has 0 bridgehead atoms. The molecule has 2 aromatic carbocycles. The molecule has 0 saturated carbocycles. The smallest absolute Gasteiger partial charge is 0.177 e. The topological polar surface area (TPSA) is 93.2 Å². The highest BCUT2D eigenvalue weighted by Gasteiger charge is 2.39. The maximum Gasteiger partial charge on any atom is 0.177 e. The fraction of sp³-hybridized carbons (Fsp3) is 0.296. The van der Waals surface area contributed by atoms with E-state index in [2.05, 4.69) is 10.1 Å².